The van der Waals surface area contributed by atoms with Crippen LogP contribution in [-0.2, 0) is 13.1 Å². The molecule has 1 N–H and O–H groups in total. The first-order valence-electron chi connectivity index (χ1n) is 9.40. The van der Waals surface area contributed by atoms with E-state index >= 15 is 0 Å². The zero-order valence-electron chi connectivity index (χ0n) is 16.5. The lowest BCUT2D eigenvalue weighted by molar-refractivity contribution is 0.202. The van der Waals surface area contributed by atoms with E-state index in [1.165, 1.54) is 4.90 Å². The molecule has 158 valence electrons. The quantitative estimate of drug-likeness (QED) is 0.405. The van der Waals surface area contributed by atoms with Gasteiger partial charge in [-0.25, -0.2) is 4.79 Å². The molecular formula is C22H18Cl2N4O3. The number of benzene rings is 2. The number of furan rings is 1. The summed E-state index contributed by atoms with van der Waals surface area (Å²) in [5.41, 5.74) is 1.66. The van der Waals surface area contributed by atoms with Crippen LogP contribution in [0.4, 0.5) is 4.79 Å². The lowest BCUT2D eigenvalue weighted by Gasteiger charge is -2.15. The molecule has 0 saturated carbocycles. The molecule has 0 atom stereocenters. The third-order valence-corrected chi connectivity index (χ3v) is 4.99. The van der Waals surface area contributed by atoms with Crippen molar-refractivity contribution < 1.29 is 13.7 Å². The normalized spacial score (nSPS) is 10.8. The third-order valence-electron chi connectivity index (χ3n) is 4.49. The highest BCUT2D eigenvalue weighted by Crippen LogP contribution is 2.24. The highest BCUT2D eigenvalue weighted by atomic mass is 35.5. The Labute approximate surface area is 188 Å². The second kappa shape index (κ2) is 9.24. The van der Waals surface area contributed by atoms with Crippen LogP contribution in [-0.4, -0.2) is 28.1 Å². The lowest BCUT2D eigenvalue weighted by atomic mass is 10.2. The molecule has 31 heavy (non-hydrogen) atoms. The molecule has 0 radical (unpaired) electrons. The molecule has 0 bridgehead atoms. The van der Waals surface area contributed by atoms with Gasteiger partial charge in [0.1, 0.15) is 11.5 Å². The number of nitrogens with zero attached hydrogens (tertiary/aromatic N) is 3. The summed E-state index contributed by atoms with van der Waals surface area (Å²) in [7, 11) is 1.68. The highest BCUT2D eigenvalue weighted by Gasteiger charge is 2.14. The van der Waals surface area contributed by atoms with Gasteiger partial charge in [0, 0.05) is 28.2 Å². The van der Waals surface area contributed by atoms with Crippen LogP contribution in [0.3, 0.4) is 0 Å². The summed E-state index contributed by atoms with van der Waals surface area (Å²) in [5.74, 6) is 2.10. The van der Waals surface area contributed by atoms with Gasteiger partial charge in [0.2, 0.25) is 0 Å². The van der Waals surface area contributed by atoms with Crippen molar-refractivity contribution >= 4 is 29.2 Å². The smallest absolute Gasteiger partial charge is 0.317 e. The molecule has 2 amide bonds. The van der Waals surface area contributed by atoms with E-state index in [4.69, 9.17) is 32.1 Å². The summed E-state index contributed by atoms with van der Waals surface area (Å²) in [6.45, 7) is 0.441. The Bertz CT molecular complexity index is 1170. The number of aromatic nitrogens is 2. The monoisotopic (exact) mass is 456 g/mol. The van der Waals surface area contributed by atoms with Crippen molar-refractivity contribution in [3.05, 3.63) is 82.3 Å². The molecule has 0 aliphatic rings. The average molecular weight is 457 g/mol. The van der Waals surface area contributed by atoms with Gasteiger partial charge in [-0.2, -0.15) is 4.98 Å². The van der Waals surface area contributed by atoms with Gasteiger partial charge in [-0.3, -0.25) is 0 Å². The molecule has 7 nitrogen and oxygen atoms in total. The van der Waals surface area contributed by atoms with Gasteiger partial charge >= 0.3 is 6.03 Å². The maximum Gasteiger partial charge on any atom is 0.317 e. The van der Waals surface area contributed by atoms with E-state index in [0.717, 1.165) is 11.1 Å². The molecule has 0 spiro atoms. The van der Waals surface area contributed by atoms with E-state index in [2.05, 4.69) is 15.5 Å². The van der Waals surface area contributed by atoms with Crippen molar-refractivity contribution in [2.75, 3.05) is 7.05 Å². The van der Waals surface area contributed by atoms with Crippen molar-refractivity contribution in [3.63, 3.8) is 0 Å². The molecule has 4 rings (SSSR count). The Morgan fingerprint density at radius 2 is 1.61 bits per heavy atom. The molecule has 0 fully saturated rings. The van der Waals surface area contributed by atoms with Crippen molar-refractivity contribution in [3.8, 4) is 22.8 Å². The zero-order chi connectivity index (χ0) is 21.8. The van der Waals surface area contributed by atoms with Crippen LogP contribution in [0.2, 0.25) is 10.0 Å². The van der Waals surface area contributed by atoms with Crippen LogP contribution in [0, 0.1) is 0 Å². The number of carbonyl (C=O) groups excluding carboxylic acids is 1. The number of urea groups is 1. The highest BCUT2D eigenvalue weighted by molar-refractivity contribution is 6.30. The first-order chi connectivity index (χ1) is 15.0. The Hall–Kier alpha value is -3.29. The molecule has 2 aromatic carbocycles. The van der Waals surface area contributed by atoms with Crippen molar-refractivity contribution in [2.24, 2.45) is 0 Å². The minimum absolute atomic E-state index is 0.133. The summed E-state index contributed by atoms with van der Waals surface area (Å²) in [6.07, 6.45) is 0. The van der Waals surface area contributed by atoms with Crippen LogP contribution in [0.5, 0.6) is 0 Å². The van der Waals surface area contributed by atoms with Gasteiger partial charge < -0.3 is 19.2 Å². The summed E-state index contributed by atoms with van der Waals surface area (Å²) in [4.78, 5) is 18.2. The molecule has 0 saturated heterocycles. The van der Waals surface area contributed by atoms with E-state index in [9.17, 15) is 4.79 Å². The van der Waals surface area contributed by atoms with Crippen LogP contribution < -0.4 is 5.32 Å². The molecule has 2 aromatic heterocycles. The van der Waals surface area contributed by atoms with E-state index < -0.39 is 0 Å². The number of nitrogens with one attached hydrogen (secondary N) is 1. The Morgan fingerprint density at radius 3 is 2.29 bits per heavy atom. The minimum atomic E-state index is -0.290. The van der Waals surface area contributed by atoms with Crippen molar-refractivity contribution in [2.45, 2.75) is 13.1 Å². The molecular weight excluding hydrogens is 439 g/mol. The minimum Gasteiger partial charge on any atom is -0.459 e. The number of hydrogen-bond donors (Lipinski definition) is 1. The van der Waals surface area contributed by atoms with Crippen LogP contribution in [0.25, 0.3) is 22.8 Å². The molecule has 9 heteroatoms. The van der Waals surface area contributed by atoms with Gasteiger partial charge in [0.25, 0.3) is 5.89 Å². The number of carbonyl (C=O) groups is 1. The summed E-state index contributed by atoms with van der Waals surface area (Å²) < 4.78 is 11.1. The fourth-order valence-corrected chi connectivity index (χ4v) is 3.11. The Kier molecular flexibility index (Phi) is 6.25. The zero-order valence-corrected chi connectivity index (χ0v) is 18.0. The van der Waals surface area contributed by atoms with E-state index in [1.54, 1.807) is 43.4 Å². The molecule has 4 aromatic rings. The van der Waals surface area contributed by atoms with E-state index in [-0.39, 0.29) is 12.6 Å². The first-order valence-corrected chi connectivity index (χ1v) is 10.2. The van der Waals surface area contributed by atoms with Gasteiger partial charge in [-0.15, -0.1) is 0 Å². The molecule has 0 aliphatic heterocycles. The Balaban J connectivity index is 1.31. The topological polar surface area (TPSA) is 84.4 Å². The van der Waals surface area contributed by atoms with Crippen molar-refractivity contribution in [1.82, 2.24) is 20.4 Å². The van der Waals surface area contributed by atoms with Crippen molar-refractivity contribution in [1.29, 1.82) is 0 Å². The predicted octanol–water partition coefficient (Wildman–Crippen LogP) is 5.65. The fourth-order valence-electron chi connectivity index (χ4n) is 2.86. The third kappa shape index (κ3) is 5.25. The standard InChI is InChI=1S/C22H18Cl2N4O3/c1-28(13-18-10-11-19(30-18)14-2-6-16(23)7-3-14)22(29)25-12-20-26-21(31-27-20)15-4-8-17(24)9-5-15/h2-11H,12-13H2,1H3,(H,25,29). The maximum atomic E-state index is 12.4. The SMILES string of the molecule is CN(Cc1ccc(-c2ccc(Cl)cc2)o1)C(=O)NCc1noc(-c2ccc(Cl)cc2)n1. The summed E-state index contributed by atoms with van der Waals surface area (Å²) in [5, 5.41) is 7.94. The second-order valence-electron chi connectivity index (χ2n) is 6.81. The number of rotatable bonds is 6. The second-order valence-corrected chi connectivity index (χ2v) is 7.68. The molecule has 2 heterocycles. The molecule has 0 aliphatic carbocycles. The number of amides is 2. The fraction of sp³-hybridized carbons (Fsp3) is 0.136. The summed E-state index contributed by atoms with van der Waals surface area (Å²) >= 11 is 11.8. The lowest BCUT2D eigenvalue weighted by Crippen LogP contribution is -2.36. The largest absolute Gasteiger partial charge is 0.459 e. The molecule has 0 unspecified atom stereocenters. The van der Waals surface area contributed by atoms with Gasteiger partial charge in [0.15, 0.2) is 5.82 Å². The van der Waals surface area contributed by atoms with Crippen LogP contribution in [0.15, 0.2) is 69.6 Å². The summed E-state index contributed by atoms with van der Waals surface area (Å²) in [6, 6.07) is 17.8. The average Bonchev–Trinajstić information content (AvgIpc) is 3.43. The van der Waals surface area contributed by atoms with Gasteiger partial charge in [-0.1, -0.05) is 28.4 Å². The number of halogens is 2. The van der Waals surface area contributed by atoms with Gasteiger partial charge in [0.05, 0.1) is 13.1 Å². The van der Waals surface area contributed by atoms with Crippen LogP contribution >= 0.6 is 23.2 Å². The van der Waals surface area contributed by atoms with E-state index in [0.29, 0.717) is 39.8 Å². The van der Waals surface area contributed by atoms with Gasteiger partial charge in [-0.05, 0) is 60.7 Å². The maximum absolute atomic E-state index is 12.4. The first kappa shape index (κ1) is 21.0. The van der Waals surface area contributed by atoms with Crippen LogP contribution in [0.1, 0.15) is 11.6 Å². The number of hydrogen-bond acceptors (Lipinski definition) is 5. The van der Waals surface area contributed by atoms with E-state index in [1.807, 2.05) is 24.3 Å². The Morgan fingerprint density at radius 1 is 0.968 bits per heavy atom. The predicted molar refractivity (Wildman–Crippen MR) is 118 cm³/mol.